The second-order valence-electron chi connectivity index (χ2n) is 7.55. The fourth-order valence-corrected chi connectivity index (χ4v) is 4.52. The second-order valence-corrected chi connectivity index (χ2v) is 9.54. The molecule has 2 fully saturated rings. The van der Waals surface area contributed by atoms with Crippen LogP contribution in [0.5, 0.6) is 0 Å². The van der Waals surface area contributed by atoms with Crippen LogP contribution in [0.3, 0.4) is 0 Å². The van der Waals surface area contributed by atoms with Gasteiger partial charge in [0.1, 0.15) is 12.4 Å². The van der Waals surface area contributed by atoms with Gasteiger partial charge >= 0.3 is 6.09 Å². The lowest BCUT2D eigenvalue weighted by atomic mass is 9.93. The van der Waals surface area contributed by atoms with E-state index >= 15 is 0 Å². The van der Waals surface area contributed by atoms with Gasteiger partial charge in [-0.15, -0.1) is 0 Å². The summed E-state index contributed by atoms with van der Waals surface area (Å²) in [6.07, 6.45) is 3.38. The molecule has 0 aliphatic carbocycles. The molecule has 8 heteroatoms. The molecule has 2 aliphatic heterocycles. The molecule has 7 nitrogen and oxygen atoms in total. The van der Waals surface area contributed by atoms with Crippen molar-refractivity contribution in [2.45, 2.75) is 39.2 Å². The van der Waals surface area contributed by atoms with Crippen LogP contribution in [0.15, 0.2) is 18.2 Å². The number of anilines is 1. The van der Waals surface area contributed by atoms with Crippen molar-refractivity contribution >= 4 is 21.9 Å². The highest BCUT2D eigenvalue weighted by Crippen LogP contribution is 2.27. The normalized spacial score (nSPS) is 22.8. The summed E-state index contributed by atoms with van der Waals surface area (Å²) in [4.78, 5) is 18.5. The number of carbonyl (C=O) groups is 1. The molecule has 0 N–H and O–H groups in total. The third-order valence-electron chi connectivity index (χ3n) is 5.25. The molecule has 1 aromatic heterocycles. The number of amides is 1. The van der Waals surface area contributed by atoms with Crippen molar-refractivity contribution in [3.05, 3.63) is 23.9 Å². The standard InChI is InChI=1S/C18H27N3O4S/c1-13(2)16-12-25-18(22)21(16)17-6-4-5-15(19-17)11-14-7-9-20(10-8-14)26(3,23)24/h4-6,13-14,16H,7-12H2,1-3H3/t16-/m0/s1. The van der Waals surface area contributed by atoms with Crippen LogP contribution in [0, 0.1) is 11.8 Å². The van der Waals surface area contributed by atoms with Gasteiger partial charge in [-0.3, -0.25) is 4.90 Å². The van der Waals surface area contributed by atoms with Gasteiger partial charge in [0.15, 0.2) is 0 Å². The minimum atomic E-state index is -3.10. The molecule has 2 aliphatic rings. The van der Waals surface area contributed by atoms with Gasteiger partial charge in [0.25, 0.3) is 0 Å². The molecule has 0 bridgehead atoms. The van der Waals surface area contributed by atoms with E-state index < -0.39 is 10.0 Å². The van der Waals surface area contributed by atoms with Crippen LogP contribution >= 0.6 is 0 Å². The Morgan fingerprint density at radius 3 is 2.58 bits per heavy atom. The van der Waals surface area contributed by atoms with E-state index in [1.807, 2.05) is 18.2 Å². The van der Waals surface area contributed by atoms with Crippen LogP contribution < -0.4 is 4.90 Å². The van der Waals surface area contributed by atoms with Gasteiger partial charge < -0.3 is 4.74 Å². The van der Waals surface area contributed by atoms with Gasteiger partial charge in [-0.2, -0.15) is 0 Å². The number of rotatable bonds is 5. The van der Waals surface area contributed by atoms with Crippen LogP contribution in [-0.2, 0) is 21.2 Å². The Labute approximate surface area is 155 Å². The summed E-state index contributed by atoms with van der Waals surface area (Å²) in [5.74, 6) is 1.33. The minimum absolute atomic E-state index is 0.00301. The lowest BCUT2D eigenvalue weighted by Gasteiger charge is -2.30. The first-order chi connectivity index (χ1) is 12.3. The van der Waals surface area contributed by atoms with Crippen molar-refractivity contribution in [3.8, 4) is 0 Å². The van der Waals surface area contributed by atoms with E-state index in [0.29, 0.717) is 31.4 Å². The van der Waals surface area contributed by atoms with Gasteiger partial charge in [0.05, 0.1) is 12.3 Å². The highest BCUT2D eigenvalue weighted by molar-refractivity contribution is 7.88. The predicted molar refractivity (Wildman–Crippen MR) is 99.5 cm³/mol. The summed E-state index contributed by atoms with van der Waals surface area (Å²) in [6, 6.07) is 5.74. The van der Waals surface area contributed by atoms with Gasteiger partial charge in [-0.25, -0.2) is 22.5 Å². The zero-order valence-corrected chi connectivity index (χ0v) is 16.4. The first-order valence-corrected chi connectivity index (χ1v) is 11.0. The average Bonchev–Trinajstić information content (AvgIpc) is 2.97. The summed E-state index contributed by atoms with van der Waals surface area (Å²) < 4.78 is 30.0. The fraction of sp³-hybridized carbons (Fsp3) is 0.667. The zero-order valence-electron chi connectivity index (χ0n) is 15.6. The molecule has 3 heterocycles. The monoisotopic (exact) mass is 381 g/mol. The Morgan fingerprint density at radius 1 is 1.27 bits per heavy atom. The molecule has 0 unspecified atom stereocenters. The molecule has 0 aromatic carbocycles. The molecule has 1 atom stereocenters. The molecule has 26 heavy (non-hydrogen) atoms. The summed E-state index contributed by atoms with van der Waals surface area (Å²) in [6.45, 7) is 5.67. The Balaban J connectivity index is 1.68. The zero-order chi connectivity index (χ0) is 18.9. The Hall–Kier alpha value is -1.67. The molecule has 0 saturated carbocycles. The number of ether oxygens (including phenoxy) is 1. The number of cyclic esters (lactones) is 1. The topological polar surface area (TPSA) is 79.8 Å². The maximum absolute atomic E-state index is 12.1. The fourth-order valence-electron chi connectivity index (χ4n) is 3.65. The number of sulfonamides is 1. The number of carbonyl (C=O) groups excluding carboxylic acids is 1. The van der Waals surface area contributed by atoms with Crippen molar-refractivity contribution in [2.75, 3.05) is 30.9 Å². The SMILES string of the molecule is CC(C)[C@@H]1COC(=O)N1c1cccc(CC2CCN(S(C)(=O)=O)CC2)n1. The number of hydrogen-bond donors (Lipinski definition) is 0. The van der Waals surface area contributed by atoms with Crippen molar-refractivity contribution in [1.29, 1.82) is 0 Å². The van der Waals surface area contributed by atoms with Crippen LogP contribution in [0.2, 0.25) is 0 Å². The van der Waals surface area contributed by atoms with E-state index in [1.54, 1.807) is 9.21 Å². The van der Waals surface area contributed by atoms with E-state index in [9.17, 15) is 13.2 Å². The Kier molecular flexibility index (Phi) is 5.53. The number of nitrogens with zero attached hydrogens (tertiary/aromatic N) is 3. The van der Waals surface area contributed by atoms with E-state index in [1.165, 1.54) is 6.26 Å². The van der Waals surface area contributed by atoms with Crippen molar-refractivity contribution < 1.29 is 17.9 Å². The quantitative estimate of drug-likeness (QED) is 0.782. The highest BCUT2D eigenvalue weighted by atomic mass is 32.2. The molecule has 2 saturated heterocycles. The highest BCUT2D eigenvalue weighted by Gasteiger charge is 2.37. The van der Waals surface area contributed by atoms with Gasteiger partial charge in [0.2, 0.25) is 10.0 Å². The largest absolute Gasteiger partial charge is 0.447 e. The number of hydrogen-bond acceptors (Lipinski definition) is 5. The van der Waals surface area contributed by atoms with Crippen molar-refractivity contribution in [1.82, 2.24) is 9.29 Å². The first-order valence-electron chi connectivity index (χ1n) is 9.12. The van der Waals surface area contributed by atoms with Gasteiger partial charge in [0, 0.05) is 18.8 Å². The van der Waals surface area contributed by atoms with Crippen LogP contribution in [0.4, 0.5) is 10.6 Å². The Bertz CT molecular complexity index is 757. The lowest BCUT2D eigenvalue weighted by molar-refractivity contribution is 0.177. The summed E-state index contributed by atoms with van der Waals surface area (Å²) in [5, 5.41) is 0. The number of piperidine rings is 1. The molecule has 1 aromatic rings. The smallest absolute Gasteiger partial charge is 0.415 e. The van der Waals surface area contributed by atoms with E-state index in [2.05, 4.69) is 13.8 Å². The van der Waals surface area contributed by atoms with Crippen molar-refractivity contribution in [2.24, 2.45) is 11.8 Å². The maximum Gasteiger partial charge on any atom is 0.415 e. The van der Waals surface area contributed by atoms with E-state index in [0.717, 1.165) is 25.0 Å². The molecular weight excluding hydrogens is 354 g/mol. The predicted octanol–water partition coefficient (Wildman–Crippen LogP) is 2.28. The van der Waals surface area contributed by atoms with E-state index in [-0.39, 0.29) is 18.1 Å². The third-order valence-corrected chi connectivity index (χ3v) is 6.56. The molecule has 0 radical (unpaired) electrons. The number of pyridine rings is 1. The lowest BCUT2D eigenvalue weighted by Crippen LogP contribution is -2.38. The van der Waals surface area contributed by atoms with Gasteiger partial charge in [-0.1, -0.05) is 19.9 Å². The summed E-state index contributed by atoms with van der Waals surface area (Å²) in [5.41, 5.74) is 0.933. The first kappa shape index (κ1) is 19.1. The Morgan fingerprint density at radius 2 is 1.96 bits per heavy atom. The van der Waals surface area contributed by atoms with Crippen molar-refractivity contribution in [3.63, 3.8) is 0 Å². The summed E-state index contributed by atoms with van der Waals surface area (Å²) >= 11 is 0. The second kappa shape index (κ2) is 7.52. The molecule has 0 spiro atoms. The number of aromatic nitrogens is 1. The maximum atomic E-state index is 12.1. The van der Waals surface area contributed by atoms with Gasteiger partial charge in [-0.05, 0) is 43.2 Å². The summed E-state index contributed by atoms with van der Waals surface area (Å²) in [7, 11) is -3.10. The molecule has 1 amide bonds. The molecule has 144 valence electrons. The molecular formula is C18H27N3O4S. The average molecular weight is 381 g/mol. The van der Waals surface area contributed by atoms with Crippen LogP contribution in [0.1, 0.15) is 32.4 Å². The molecule has 3 rings (SSSR count). The third kappa shape index (κ3) is 4.17. The minimum Gasteiger partial charge on any atom is -0.447 e. The van der Waals surface area contributed by atoms with Crippen LogP contribution in [-0.4, -0.2) is 55.8 Å². The van der Waals surface area contributed by atoms with E-state index in [4.69, 9.17) is 9.72 Å². The van der Waals surface area contributed by atoms with Crippen LogP contribution in [0.25, 0.3) is 0 Å².